The summed E-state index contributed by atoms with van der Waals surface area (Å²) >= 11 is 0. The van der Waals surface area contributed by atoms with Crippen LogP contribution in [-0.2, 0) is 10.0 Å². The number of H-pyrrole nitrogens is 1. The van der Waals surface area contributed by atoms with Crippen LogP contribution in [0.2, 0.25) is 0 Å². The molecule has 0 fully saturated rings. The summed E-state index contributed by atoms with van der Waals surface area (Å²) in [6.07, 6.45) is 1.45. The average Bonchev–Trinajstić information content (AvgIpc) is 3.06. The number of benzene rings is 2. The van der Waals surface area contributed by atoms with Gasteiger partial charge in [0.15, 0.2) is 0 Å². The molecule has 0 aliphatic heterocycles. The fourth-order valence-corrected chi connectivity index (χ4v) is 3.70. The van der Waals surface area contributed by atoms with E-state index in [0.29, 0.717) is 17.2 Å². The SMILES string of the molecule is CNS(=O)(=O)c1cccc(Nc2ncnc3[nH]c4cc(OC)ccc4c23)c1. The number of hydrogen-bond donors (Lipinski definition) is 3. The Kier molecular flexibility index (Phi) is 4.17. The number of fused-ring (bicyclic) bond motifs is 3. The molecule has 0 atom stereocenters. The fourth-order valence-electron chi connectivity index (χ4n) is 2.93. The maximum Gasteiger partial charge on any atom is 0.240 e. The lowest BCUT2D eigenvalue weighted by molar-refractivity contribution is 0.415. The predicted molar refractivity (Wildman–Crippen MR) is 104 cm³/mol. The molecule has 138 valence electrons. The van der Waals surface area contributed by atoms with E-state index in [1.165, 1.54) is 19.4 Å². The summed E-state index contributed by atoms with van der Waals surface area (Å²) in [5.41, 5.74) is 2.16. The summed E-state index contributed by atoms with van der Waals surface area (Å²) in [6, 6.07) is 12.2. The first kappa shape index (κ1) is 17.3. The Morgan fingerprint density at radius 1 is 1.11 bits per heavy atom. The number of aromatic nitrogens is 3. The third-order valence-corrected chi connectivity index (χ3v) is 5.68. The normalized spacial score (nSPS) is 11.8. The molecule has 2 heterocycles. The molecule has 0 spiro atoms. The number of methoxy groups -OCH3 is 1. The van der Waals surface area contributed by atoms with E-state index in [1.807, 2.05) is 18.2 Å². The minimum Gasteiger partial charge on any atom is -0.497 e. The molecule has 0 unspecified atom stereocenters. The van der Waals surface area contributed by atoms with Crippen LogP contribution in [0.4, 0.5) is 11.5 Å². The van der Waals surface area contributed by atoms with Gasteiger partial charge in [-0.15, -0.1) is 0 Å². The molecule has 0 bridgehead atoms. The van der Waals surface area contributed by atoms with Crippen molar-refractivity contribution in [3.05, 3.63) is 48.8 Å². The van der Waals surface area contributed by atoms with E-state index >= 15 is 0 Å². The standard InChI is InChI=1S/C18H17N5O3S/c1-19-27(24,25)13-5-3-4-11(8-13)22-17-16-14-7-6-12(26-2)9-15(14)23-18(16)21-10-20-17/h3-10,19H,1-2H3,(H2,20,21,22,23). The molecule has 0 aliphatic rings. The van der Waals surface area contributed by atoms with Gasteiger partial charge in [-0.3, -0.25) is 0 Å². The summed E-state index contributed by atoms with van der Waals surface area (Å²) in [5.74, 6) is 1.32. The van der Waals surface area contributed by atoms with Gasteiger partial charge in [0.05, 0.1) is 22.9 Å². The topological polar surface area (TPSA) is 109 Å². The van der Waals surface area contributed by atoms with Gasteiger partial charge in [0.1, 0.15) is 23.5 Å². The third-order valence-electron chi connectivity index (χ3n) is 4.27. The zero-order chi connectivity index (χ0) is 19.0. The van der Waals surface area contributed by atoms with Gasteiger partial charge in [-0.25, -0.2) is 23.1 Å². The van der Waals surface area contributed by atoms with E-state index in [1.54, 1.807) is 25.3 Å². The lowest BCUT2D eigenvalue weighted by Gasteiger charge is -2.09. The van der Waals surface area contributed by atoms with Crippen LogP contribution in [0.1, 0.15) is 0 Å². The second kappa shape index (κ2) is 6.53. The molecular weight excluding hydrogens is 366 g/mol. The average molecular weight is 383 g/mol. The molecular formula is C18H17N5O3S. The molecule has 0 amide bonds. The van der Waals surface area contributed by atoms with Crippen LogP contribution < -0.4 is 14.8 Å². The van der Waals surface area contributed by atoms with Crippen LogP contribution in [0.3, 0.4) is 0 Å². The Hall–Kier alpha value is -3.17. The Balaban J connectivity index is 1.82. The molecule has 0 radical (unpaired) electrons. The summed E-state index contributed by atoms with van der Waals surface area (Å²) < 4.78 is 31.6. The highest BCUT2D eigenvalue weighted by Crippen LogP contribution is 2.32. The smallest absolute Gasteiger partial charge is 0.240 e. The molecule has 4 aromatic rings. The number of aromatic amines is 1. The Morgan fingerprint density at radius 3 is 2.74 bits per heavy atom. The molecule has 0 saturated heterocycles. The summed E-state index contributed by atoms with van der Waals surface area (Å²) in [4.78, 5) is 12.1. The quantitative estimate of drug-likeness (QED) is 0.489. The fraction of sp³-hybridized carbons (Fsp3) is 0.111. The van der Waals surface area contributed by atoms with Gasteiger partial charge in [-0.2, -0.15) is 0 Å². The lowest BCUT2D eigenvalue weighted by Crippen LogP contribution is -2.18. The Morgan fingerprint density at radius 2 is 1.96 bits per heavy atom. The van der Waals surface area contributed by atoms with Gasteiger partial charge in [-0.1, -0.05) is 6.07 Å². The maximum absolute atomic E-state index is 12.0. The minimum atomic E-state index is -3.53. The van der Waals surface area contributed by atoms with Crippen LogP contribution in [0, 0.1) is 0 Å². The van der Waals surface area contributed by atoms with E-state index in [9.17, 15) is 8.42 Å². The number of nitrogens with one attached hydrogen (secondary N) is 3. The van der Waals surface area contributed by atoms with Crippen LogP contribution in [-0.4, -0.2) is 37.5 Å². The van der Waals surface area contributed by atoms with Crippen molar-refractivity contribution < 1.29 is 13.2 Å². The third kappa shape index (κ3) is 3.07. The van der Waals surface area contributed by atoms with Gasteiger partial charge in [0.2, 0.25) is 10.0 Å². The van der Waals surface area contributed by atoms with Gasteiger partial charge in [0, 0.05) is 17.1 Å². The first-order chi connectivity index (χ1) is 13.0. The van der Waals surface area contributed by atoms with Crippen LogP contribution in [0.5, 0.6) is 5.75 Å². The van der Waals surface area contributed by atoms with E-state index < -0.39 is 10.0 Å². The van der Waals surface area contributed by atoms with Crippen molar-refractivity contribution in [2.45, 2.75) is 4.90 Å². The summed E-state index contributed by atoms with van der Waals surface area (Å²) in [5, 5.41) is 4.95. The Bertz CT molecular complexity index is 1250. The van der Waals surface area contributed by atoms with E-state index in [2.05, 4.69) is 25.0 Å². The van der Waals surface area contributed by atoms with E-state index in [0.717, 1.165) is 22.0 Å². The van der Waals surface area contributed by atoms with Crippen molar-refractivity contribution >= 4 is 43.5 Å². The number of anilines is 2. The second-order valence-electron chi connectivity index (χ2n) is 5.84. The monoisotopic (exact) mass is 383 g/mol. The first-order valence-corrected chi connectivity index (χ1v) is 9.61. The van der Waals surface area contributed by atoms with Crippen LogP contribution in [0.25, 0.3) is 21.9 Å². The van der Waals surface area contributed by atoms with Crippen molar-refractivity contribution in [3.8, 4) is 5.75 Å². The number of ether oxygens (including phenoxy) is 1. The Labute approximate surface area is 155 Å². The highest BCUT2D eigenvalue weighted by atomic mass is 32.2. The van der Waals surface area contributed by atoms with Crippen molar-refractivity contribution in [1.82, 2.24) is 19.7 Å². The molecule has 0 aliphatic carbocycles. The molecule has 9 heteroatoms. The van der Waals surface area contributed by atoms with Gasteiger partial charge in [0.25, 0.3) is 0 Å². The van der Waals surface area contributed by atoms with E-state index in [-0.39, 0.29) is 4.90 Å². The molecule has 4 rings (SSSR count). The number of sulfonamides is 1. The highest BCUT2D eigenvalue weighted by Gasteiger charge is 2.14. The molecule has 3 N–H and O–H groups in total. The van der Waals surface area contributed by atoms with E-state index in [4.69, 9.17) is 4.74 Å². The van der Waals surface area contributed by atoms with Gasteiger partial charge < -0.3 is 15.0 Å². The lowest BCUT2D eigenvalue weighted by atomic mass is 10.2. The number of hydrogen-bond acceptors (Lipinski definition) is 6. The molecule has 2 aromatic heterocycles. The van der Waals surface area contributed by atoms with Crippen molar-refractivity contribution in [2.75, 3.05) is 19.5 Å². The van der Waals surface area contributed by atoms with Crippen LogP contribution >= 0.6 is 0 Å². The zero-order valence-electron chi connectivity index (χ0n) is 14.6. The zero-order valence-corrected chi connectivity index (χ0v) is 15.5. The van der Waals surface area contributed by atoms with Crippen molar-refractivity contribution in [1.29, 1.82) is 0 Å². The first-order valence-electron chi connectivity index (χ1n) is 8.13. The summed E-state index contributed by atoms with van der Waals surface area (Å²) in [7, 11) is -0.537. The molecule has 8 nitrogen and oxygen atoms in total. The minimum absolute atomic E-state index is 0.170. The highest BCUT2D eigenvalue weighted by molar-refractivity contribution is 7.89. The molecule has 2 aromatic carbocycles. The van der Waals surface area contributed by atoms with Gasteiger partial charge in [-0.05, 0) is 37.4 Å². The number of rotatable bonds is 5. The largest absolute Gasteiger partial charge is 0.497 e. The van der Waals surface area contributed by atoms with Gasteiger partial charge >= 0.3 is 0 Å². The van der Waals surface area contributed by atoms with Crippen LogP contribution in [0.15, 0.2) is 53.7 Å². The maximum atomic E-state index is 12.0. The molecule has 27 heavy (non-hydrogen) atoms. The number of nitrogens with zero attached hydrogens (tertiary/aromatic N) is 2. The second-order valence-corrected chi connectivity index (χ2v) is 7.73. The van der Waals surface area contributed by atoms with Crippen molar-refractivity contribution in [2.24, 2.45) is 0 Å². The van der Waals surface area contributed by atoms with Crippen molar-refractivity contribution in [3.63, 3.8) is 0 Å². The predicted octanol–water partition coefficient (Wildman–Crippen LogP) is 2.77. The molecule has 0 saturated carbocycles. The summed E-state index contributed by atoms with van der Waals surface area (Å²) in [6.45, 7) is 0.